The van der Waals surface area contributed by atoms with Gasteiger partial charge in [-0.3, -0.25) is 4.79 Å². The Morgan fingerprint density at radius 3 is 2.36 bits per heavy atom. The molecule has 0 aliphatic rings. The third kappa shape index (κ3) is 4.11. The predicted molar refractivity (Wildman–Crippen MR) is 98.9 cm³/mol. The van der Waals surface area contributed by atoms with E-state index in [0.717, 1.165) is 0 Å². The average Bonchev–Trinajstić information content (AvgIpc) is 2.64. The molecule has 0 bridgehead atoms. The van der Waals surface area contributed by atoms with Crippen molar-refractivity contribution in [2.75, 3.05) is 12.4 Å². The van der Waals surface area contributed by atoms with Crippen molar-refractivity contribution in [3.63, 3.8) is 0 Å². The van der Waals surface area contributed by atoms with Gasteiger partial charge in [0.25, 0.3) is 5.91 Å². The van der Waals surface area contributed by atoms with Crippen molar-refractivity contribution < 1.29 is 14.3 Å². The molecule has 25 heavy (non-hydrogen) atoms. The van der Waals surface area contributed by atoms with Gasteiger partial charge in [-0.25, -0.2) is 0 Å². The van der Waals surface area contributed by atoms with Crippen LogP contribution in [0.1, 0.15) is 10.4 Å². The molecule has 0 spiro atoms. The number of nitrogens with one attached hydrogen (secondary N) is 1. The van der Waals surface area contributed by atoms with Crippen molar-refractivity contribution in [3.05, 3.63) is 83.4 Å². The van der Waals surface area contributed by atoms with Crippen LogP contribution in [0.25, 0.3) is 0 Å². The Bertz CT molecular complexity index is 881. The molecule has 1 N–H and O–H groups in total. The monoisotopic (exact) mass is 353 g/mol. The van der Waals surface area contributed by atoms with E-state index in [1.807, 2.05) is 42.5 Å². The highest BCUT2D eigenvalue weighted by Crippen LogP contribution is 2.30. The van der Waals surface area contributed by atoms with E-state index >= 15 is 0 Å². The van der Waals surface area contributed by atoms with Crippen molar-refractivity contribution in [2.45, 2.75) is 0 Å². The lowest BCUT2D eigenvalue weighted by atomic mass is 10.2. The third-order valence-corrected chi connectivity index (χ3v) is 3.82. The Kier molecular flexibility index (Phi) is 5.21. The molecular formula is C20H16ClNO3. The summed E-state index contributed by atoms with van der Waals surface area (Å²) in [7, 11) is 1.53. The summed E-state index contributed by atoms with van der Waals surface area (Å²) in [5, 5.41) is 3.23. The third-order valence-electron chi connectivity index (χ3n) is 3.52. The molecule has 3 rings (SSSR count). The molecule has 0 aliphatic heterocycles. The summed E-state index contributed by atoms with van der Waals surface area (Å²) in [6.45, 7) is 0. The Hall–Kier alpha value is -2.98. The number of carbonyl (C=O) groups is 1. The molecule has 4 nitrogen and oxygen atoms in total. The number of halogens is 1. The second kappa shape index (κ2) is 7.73. The topological polar surface area (TPSA) is 47.6 Å². The van der Waals surface area contributed by atoms with Crippen LogP contribution >= 0.6 is 11.6 Å². The average molecular weight is 354 g/mol. The number of hydrogen-bond acceptors (Lipinski definition) is 3. The van der Waals surface area contributed by atoms with Crippen molar-refractivity contribution >= 4 is 23.2 Å². The first-order chi connectivity index (χ1) is 12.2. The first-order valence-corrected chi connectivity index (χ1v) is 8.02. The Morgan fingerprint density at radius 2 is 1.64 bits per heavy atom. The molecule has 0 atom stereocenters. The largest absolute Gasteiger partial charge is 0.495 e. The minimum atomic E-state index is -0.284. The molecule has 0 saturated heterocycles. The van der Waals surface area contributed by atoms with E-state index in [0.29, 0.717) is 33.5 Å². The molecule has 3 aromatic carbocycles. The van der Waals surface area contributed by atoms with E-state index in [1.165, 1.54) is 7.11 Å². The Morgan fingerprint density at radius 1 is 0.920 bits per heavy atom. The quantitative estimate of drug-likeness (QED) is 0.668. The molecule has 0 fully saturated rings. The number of ether oxygens (including phenoxy) is 2. The highest BCUT2D eigenvalue weighted by atomic mass is 35.5. The number of para-hydroxylation sites is 3. The summed E-state index contributed by atoms with van der Waals surface area (Å²) >= 11 is 6.09. The Labute approximate surface area is 151 Å². The van der Waals surface area contributed by atoms with Crippen LogP contribution in [0.2, 0.25) is 5.02 Å². The number of methoxy groups -OCH3 is 1. The predicted octanol–water partition coefficient (Wildman–Crippen LogP) is 5.39. The smallest absolute Gasteiger partial charge is 0.255 e. The molecule has 0 unspecified atom stereocenters. The van der Waals surface area contributed by atoms with E-state index in [1.54, 1.807) is 30.3 Å². The fourth-order valence-electron chi connectivity index (χ4n) is 2.28. The number of hydrogen-bond donors (Lipinski definition) is 1. The zero-order valence-electron chi connectivity index (χ0n) is 13.5. The van der Waals surface area contributed by atoms with E-state index in [-0.39, 0.29) is 5.91 Å². The summed E-state index contributed by atoms with van der Waals surface area (Å²) < 4.78 is 10.9. The minimum Gasteiger partial charge on any atom is -0.495 e. The van der Waals surface area contributed by atoms with Crippen LogP contribution in [-0.2, 0) is 0 Å². The van der Waals surface area contributed by atoms with Gasteiger partial charge >= 0.3 is 0 Å². The molecule has 126 valence electrons. The molecule has 0 heterocycles. The number of benzene rings is 3. The maximum Gasteiger partial charge on any atom is 0.255 e. The number of carbonyl (C=O) groups excluding carboxylic acids is 1. The van der Waals surface area contributed by atoms with Gasteiger partial charge < -0.3 is 14.8 Å². The number of anilines is 1. The summed E-state index contributed by atoms with van der Waals surface area (Å²) in [4.78, 5) is 12.5. The van der Waals surface area contributed by atoms with Gasteiger partial charge in [-0.1, -0.05) is 41.9 Å². The van der Waals surface area contributed by atoms with Gasteiger partial charge in [0.2, 0.25) is 0 Å². The van der Waals surface area contributed by atoms with Crippen LogP contribution in [-0.4, -0.2) is 13.0 Å². The van der Waals surface area contributed by atoms with Gasteiger partial charge in [-0.05, 0) is 42.5 Å². The first-order valence-electron chi connectivity index (χ1n) is 7.64. The SMILES string of the molecule is COc1ccc(C(=O)Nc2ccccc2Oc2ccccc2)cc1Cl. The van der Waals surface area contributed by atoms with Crippen LogP contribution in [0.4, 0.5) is 5.69 Å². The van der Waals surface area contributed by atoms with E-state index in [9.17, 15) is 4.79 Å². The summed E-state index contributed by atoms with van der Waals surface area (Å²) in [5.41, 5.74) is 1.00. The highest BCUT2D eigenvalue weighted by Gasteiger charge is 2.12. The van der Waals surface area contributed by atoms with Crippen LogP contribution in [0.5, 0.6) is 17.2 Å². The molecule has 5 heteroatoms. The fraction of sp³-hybridized carbons (Fsp3) is 0.0500. The second-order valence-electron chi connectivity index (χ2n) is 5.21. The van der Waals surface area contributed by atoms with E-state index in [4.69, 9.17) is 21.1 Å². The fourth-order valence-corrected chi connectivity index (χ4v) is 2.53. The second-order valence-corrected chi connectivity index (χ2v) is 5.62. The number of rotatable bonds is 5. The zero-order chi connectivity index (χ0) is 17.6. The lowest BCUT2D eigenvalue weighted by Crippen LogP contribution is -2.12. The minimum absolute atomic E-state index is 0.284. The van der Waals surface area contributed by atoms with Crippen LogP contribution in [0.3, 0.4) is 0 Å². The van der Waals surface area contributed by atoms with E-state index < -0.39 is 0 Å². The molecule has 0 aliphatic carbocycles. The normalized spacial score (nSPS) is 10.2. The maximum absolute atomic E-state index is 12.5. The van der Waals surface area contributed by atoms with Crippen molar-refractivity contribution in [1.29, 1.82) is 0 Å². The van der Waals surface area contributed by atoms with Gasteiger partial charge in [-0.15, -0.1) is 0 Å². The summed E-state index contributed by atoms with van der Waals surface area (Å²) in [6, 6.07) is 21.5. The van der Waals surface area contributed by atoms with Gasteiger partial charge in [0.15, 0.2) is 5.75 Å². The molecule has 0 saturated carbocycles. The van der Waals surface area contributed by atoms with Crippen molar-refractivity contribution in [1.82, 2.24) is 0 Å². The molecule has 0 aromatic heterocycles. The van der Waals surface area contributed by atoms with Crippen LogP contribution < -0.4 is 14.8 Å². The van der Waals surface area contributed by atoms with Crippen LogP contribution in [0, 0.1) is 0 Å². The van der Waals surface area contributed by atoms with Gasteiger partial charge in [0.05, 0.1) is 17.8 Å². The number of amides is 1. The highest BCUT2D eigenvalue weighted by molar-refractivity contribution is 6.32. The van der Waals surface area contributed by atoms with Crippen molar-refractivity contribution in [3.8, 4) is 17.2 Å². The maximum atomic E-state index is 12.5. The molecule has 1 amide bonds. The lowest BCUT2D eigenvalue weighted by molar-refractivity contribution is 0.102. The molecular weight excluding hydrogens is 338 g/mol. The standard InChI is InChI=1S/C20H16ClNO3/c1-24-18-12-11-14(13-16(18)21)20(23)22-17-9-5-6-10-19(17)25-15-7-3-2-4-8-15/h2-13H,1H3,(H,22,23). The molecule has 3 aromatic rings. The summed E-state index contributed by atoms with van der Waals surface area (Å²) in [6.07, 6.45) is 0. The zero-order valence-corrected chi connectivity index (χ0v) is 14.3. The van der Waals surface area contributed by atoms with E-state index in [2.05, 4.69) is 5.32 Å². The van der Waals surface area contributed by atoms with Crippen molar-refractivity contribution in [2.24, 2.45) is 0 Å². The lowest BCUT2D eigenvalue weighted by Gasteiger charge is -2.12. The van der Waals surface area contributed by atoms with Gasteiger partial charge in [0, 0.05) is 5.56 Å². The van der Waals surface area contributed by atoms with Crippen LogP contribution in [0.15, 0.2) is 72.8 Å². The van der Waals surface area contributed by atoms with Gasteiger partial charge in [0.1, 0.15) is 11.5 Å². The van der Waals surface area contributed by atoms with Gasteiger partial charge in [-0.2, -0.15) is 0 Å². The Balaban J connectivity index is 1.81. The molecule has 0 radical (unpaired) electrons. The summed E-state index contributed by atoms with van der Waals surface area (Å²) in [5.74, 6) is 1.48. The first kappa shape index (κ1) is 16.9.